The van der Waals surface area contributed by atoms with Crippen LogP contribution in [0.15, 0.2) is 84.0 Å². The van der Waals surface area contributed by atoms with E-state index in [4.69, 9.17) is 9.47 Å². The molecule has 0 aliphatic carbocycles. The van der Waals surface area contributed by atoms with E-state index in [9.17, 15) is 9.90 Å². The van der Waals surface area contributed by atoms with Gasteiger partial charge in [0.1, 0.15) is 11.5 Å². The molecule has 1 heterocycles. The number of aliphatic hydroxyl groups is 1. The first-order valence-electron chi connectivity index (χ1n) is 11.4. The molecule has 36 heavy (non-hydrogen) atoms. The summed E-state index contributed by atoms with van der Waals surface area (Å²) in [7, 11) is 3.23. The van der Waals surface area contributed by atoms with Crippen molar-refractivity contribution >= 4 is 17.7 Å². The minimum Gasteiger partial charge on any atom is -0.497 e. The number of methoxy groups -OCH3 is 2. The lowest BCUT2D eigenvalue weighted by molar-refractivity contribution is -0.121. The van der Waals surface area contributed by atoms with E-state index in [0.717, 1.165) is 28.2 Å². The maximum Gasteiger partial charge on any atom is 0.221 e. The minimum atomic E-state index is -0.776. The van der Waals surface area contributed by atoms with Crippen LogP contribution in [0.5, 0.6) is 11.5 Å². The first-order chi connectivity index (χ1) is 17.6. The predicted molar refractivity (Wildman–Crippen MR) is 139 cm³/mol. The smallest absolute Gasteiger partial charge is 0.221 e. The van der Waals surface area contributed by atoms with Crippen LogP contribution in [0.3, 0.4) is 0 Å². The third-order valence-electron chi connectivity index (χ3n) is 5.61. The number of aromatic amines is 1. The lowest BCUT2D eigenvalue weighted by atomic mass is 10.1. The van der Waals surface area contributed by atoms with Crippen LogP contribution < -0.4 is 14.8 Å². The van der Waals surface area contributed by atoms with Crippen molar-refractivity contribution in [3.63, 3.8) is 0 Å². The second-order valence-electron chi connectivity index (χ2n) is 8.01. The van der Waals surface area contributed by atoms with E-state index in [1.807, 2.05) is 78.9 Å². The Labute approximate surface area is 214 Å². The topological polar surface area (TPSA) is 109 Å². The van der Waals surface area contributed by atoms with Crippen molar-refractivity contribution in [3.05, 3.63) is 90.0 Å². The fourth-order valence-electron chi connectivity index (χ4n) is 3.59. The van der Waals surface area contributed by atoms with Crippen molar-refractivity contribution in [2.75, 3.05) is 20.8 Å². The van der Waals surface area contributed by atoms with Crippen LogP contribution in [-0.4, -0.2) is 47.0 Å². The number of nitrogens with zero attached hydrogens (tertiary/aromatic N) is 2. The van der Waals surface area contributed by atoms with Crippen LogP contribution in [0, 0.1) is 0 Å². The normalized spacial score (nSPS) is 12.5. The average molecular weight is 505 g/mol. The van der Waals surface area contributed by atoms with Gasteiger partial charge in [-0.05, 0) is 47.5 Å². The van der Waals surface area contributed by atoms with E-state index in [1.165, 1.54) is 11.8 Å². The molecule has 0 bridgehead atoms. The third kappa shape index (κ3) is 6.65. The fraction of sp³-hybridized carbons (Fsp3) is 0.222. The average Bonchev–Trinajstić information content (AvgIpc) is 3.40. The Balaban J connectivity index is 1.46. The summed E-state index contributed by atoms with van der Waals surface area (Å²) in [6.45, 7) is 0.130. The summed E-state index contributed by atoms with van der Waals surface area (Å²) in [5.74, 6) is 1.95. The molecule has 1 aromatic heterocycles. The number of carbonyl (C=O) groups is 1. The molecular formula is C27H28N4O4S. The Kier molecular flexibility index (Phi) is 8.59. The molecule has 0 radical (unpaired) electrons. The van der Waals surface area contributed by atoms with Gasteiger partial charge in [0.15, 0.2) is 5.82 Å². The van der Waals surface area contributed by atoms with E-state index in [-0.39, 0.29) is 24.1 Å². The molecule has 4 rings (SSSR count). The summed E-state index contributed by atoms with van der Waals surface area (Å²) >= 11 is 1.40. The number of nitrogens with one attached hydrogen (secondary N) is 2. The second kappa shape index (κ2) is 12.2. The molecule has 186 valence electrons. The van der Waals surface area contributed by atoms with Gasteiger partial charge in [-0.15, -0.1) is 5.10 Å². The molecular weight excluding hydrogens is 476 g/mol. The zero-order chi connectivity index (χ0) is 25.3. The van der Waals surface area contributed by atoms with Gasteiger partial charge >= 0.3 is 0 Å². The molecule has 4 aromatic rings. The Morgan fingerprint density at radius 3 is 2.22 bits per heavy atom. The van der Waals surface area contributed by atoms with E-state index < -0.39 is 6.10 Å². The molecule has 3 aromatic carbocycles. The number of rotatable bonds is 11. The molecule has 2 atom stereocenters. The number of benzene rings is 3. The van der Waals surface area contributed by atoms with Crippen molar-refractivity contribution in [3.8, 4) is 22.9 Å². The van der Waals surface area contributed by atoms with E-state index in [2.05, 4.69) is 20.5 Å². The minimum absolute atomic E-state index is 0.130. The highest BCUT2D eigenvalue weighted by Gasteiger charge is 2.21. The van der Waals surface area contributed by atoms with Crippen LogP contribution in [0.4, 0.5) is 0 Å². The van der Waals surface area contributed by atoms with Crippen molar-refractivity contribution in [1.29, 1.82) is 0 Å². The van der Waals surface area contributed by atoms with Crippen LogP contribution in [0.1, 0.15) is 28.9 Å². The van der Waals surface area contributed by atoms with Gasteiger partial charge < -0.3 is 19.9 Å². The van der Waals surface area contributed by atoms with Crippen molar-refractivity contribution in [2.24, 2.45) is 0 Å². The molecule has 0 saturated carbocycles. The number of aromatic nitrogens is 3. The first kappa shape index (κ1) is 25.3. The zero-order valence-electron chi connectivity index (χ0n) is 20.0. The third-order valence-corrected chi connectivity index (χ3v) is 6.73. The quantitative estimate of drug-likeness (QED) is 0.257. The van der Waals surface area contributed by atoms with Gasteiger partial charge in [-0.2, -0.15) is 0 Å². The number of hydrogen-bond donors (Lipinski definition) is 3. The first-order valence-corrected chi connectivity index (χ1v) is 12.3. The second-order valence-corrected chi connectivity index (χ2v) is 9.18. The van der Waals surface area contributed by atoms with Gasteiger partial charge in [-0.3, -0.25) is 9.89 Å². The van der Waals surface area contributed by atoms with Crippen LogP contribution in [-0.2, 0) is 4.79 Å². The highest BCUT2D eigenvalue weighted by Crippen LogP contribution is 2.37. The number of aliphatic hydroxyl groups excluding tert-OH is 1. The molecule has 0 spiro atoms. The van der Waals surface area contributed by atoms with Gasteiger partial charge in [0.05, 0.1) is 20.3 Å². The summed E-state index contributed by atoms with van der Waals surface area (Å²) < 4.78 is 10.5. The summed E-state index contributed by atoms with van der Waals surface area (Å²) in [5.41, 5.74) is 2.57. The summed E-state index contributed by atoms with van der Waals surface area (Å²) in [6, 6.07) is 24.4. The molecule has 0 aliphatic rings. The Morgan fingerprint density at radius 1 is 0.944 bits per heavy atom. The van der Waals surface area contributed by atoms with E-state index >= 15 is 0 Å². The molecule has 0 unspecified atom stereocenters. The monoisotopic (exact) mass is 504 g/mol. The van der Waals surface area contributed by atoms with Gasteiger partial charge in [0, 0.05) is 23.8 Å². The summed E-state index contributed by atoms with van der Waals surface area (Å²) in [5, 5.41) is 20.8. The molecule has 9 heteroatoms. The number of amides is 1. The number of carbonyl (C=O) groups excluding carboxylic acids is 1. The molecule has 3 N–H and O–H groups in total. The lowest BCUT2D eigenvalue weighted by Crippen LogP contribution is -2.29. The van der Waals surface area contributed by atoms with Crippen LogP contribution >= 0.6 is 11.8 Å². The Morgan fingerprint density at radius 2 is 1.58 bits per heavy atom. The number of ether oxygens (including phenoxy) is 2. The molecule has 0 aliphatic heterocycles. The van der Waals surface area contributed by atoms with Gasteiger partial charge in [-0.25, -0.2) is 4.98 Å². The standard InChI is InChI=1S/C27H28N4O4S/c1-34-21-12-8-19(9-13-21)24(16-25(33)28-17-23(32)18-6-4-3-5-7-18)36-27-29-26(30-31-27)20-10-14-22(35-2)15-11-20/h3-15,23-24,32H,16-17H2,1-2H3,(H,28,33)(H,29,30,31)/t23-,24+/m0/s1. The SMILES string of the molecule is COc1ccc(-c2nc(S[C@H](CC(=O)NC[C@H](O)c3ccccc3)c3ccc(OC)cc3)n[nH]2)cc1. The highest BCUT2D eigenvalue weighted by molar-refractivity contribution is 7.99. The van der Waals surface area contributed by atoms with Crippen molar-refractivity contribution in [1.82, 2.24) is 20.5 Å². The molecule has 0 saturated heterocycles. The van der Waals surface area contributed by atoms with Crippen molar-refractivity contribution in [2.45, 2.75) is 22.9 Å². The fourth-order valence-corrected chi connectivity index (χ4v) is 4.62. The van der Waals surface area contributed by atoms with Gasteiger partial charge in [0.2, 0.25) is 11.1 Å². The van der Waals surface area contributed by atoms with Gasteiger partial charge in [0.25, 0.3) is 0 Å². The van der Waals surface area contributed by atoms with E-state index in [1.54, 1.807) is 14.2 Å². The molecule has 1 amide bonds. The van der Waals surface area contributed by atoms with Gasteiger partial charge in [-0.1, -0.05) is 54.2 Å². The number of thioether (sulfide) groups is 1. The maximum absolute atomic E-state index is 12.8. The van der Waals surface area contributed by atoms with Crippen molar-refractivity contribution < 1.29 is 19.4 Å². The molecule has 8 nitrogen and oxygen atoms in total. The largest absolute Gasteiger partial charge is 0.497 e. The maximum atomic E-state index is 12.8. The summed E-state index contributed by atoms with van der Waals surface area (Å²) in [4.78, 5) is 17.5. The number of H-pyrrole nitrogens is 1. The summed E-state index contributed by atoms with van der Waals surface area (Å²) in [6.07, 6.45) is -0.590. The van der Waals surface area contributed by atoms with Crippen LogP contribution in [0.25, 0.3) is 11.4 Å². The van der Waals surface area contributed by atoms with E-state index in [0.29, 0.717) is 11.0 Å². The predicted octanol–water partition coefficient (Wildman–Crippen LogP) is 4.56. The Bertz CT molecular complexity index is 1250. The highest BCUT2D eigenvalue weighted by atomic mass is 32.2. The Hall–Kier alpha value is -3.82. The number of hydrogen-bond acceptors (Lipinski definition) is 7. The van der Waals surface area contributed by atoms with Crippen LogP contribution in [0.2, 0.25) is 0 Å². The zero-order valence-corrected chi connectivity index (χ0v) is 20.9. The molecule has 0 fully saturated rings. The lowest BCUT2D eigenvalue weighted by Gasteiger charge is -2.17.